The lowest BCUT2D eigenvalue weighted by molar-refractivity contribution is -0.124. The van der Waals surface area contributed by atoms with Crippen molar-refractivity contribution in [3.8, 4) is 0 Å². The maximum Gasteiger partial charge on any atom is 0.243 e. The molecule has 0 fully saturated rings. The van der Waals surface area contributed by atoms with E-state index in [1.807, 2.05) is 37.9 Å². The molecule has 2 aliphatic rings. The van der Waals surface area contributed by atoms with Gasteiger partial charge in [0.05, 0.1) is 24.3 Å². The van der Waals surface area contributed by atoms with Gasteiger partial charge in [0.2, 0.25) is 11.8 Å². The third kappa shape index (κ3) is 4.72. The zero-order chi connectivity index (χ0) is 24.5. The van der Waals surface area contributed by atoms with Gasteiger partial charge in [0, 0.05) is 23.7 Å². The Balaban J connectivity index is 2.19. The van der Waals surface area contributed by atoms with Crippen LogP contribution in [0.4, 0.5) is 11.4 Å². The van der Waals surface area contributed by atoms with Crippen molar-refractivity contribution in [3.05, 3.63) is 47.6 Å². The minimum Gasteiger partial charge on any atom is -0.394 e. The molecule has 0 spiro atoms. The zero-order valence-corrected chi connectivity index (χ0v) is 20.9. The molecule has 3 N–H and O–H groups in total. The summed E-state index contributed by atoms with van der Waals surface area (Å²) in [6.07, 6.45) is 6.35. The fraction of sp³-hybridized carbons (Fsp3) is 0.556. The molecular formula is C27H39N3O3. The van der Waals surface area contributed by atoms with E-state index in [9.17, 15) is 14.7 Å². The van der Waals surface area contributed by atoms with Crippen molar-refractivity contribution in [1.82, 2.24) is 5.32 Å². The van der Waals surface area contributed by atoms with Crippen molar-refractivity contribution in [2.24, 2.45) is 5.92 Å². The first-order chi connectivity index (χ1) is 15.5. The smallest absolute Gasteiger partial charge is 0.243 e. The summed E-state index contributed by atoms with van der Waals surface area (Å²) in [6.45, 7) is 14.3. The molecule has 6 nitrogen and oxygen atoms in total. The van der Waals surface area contributed by atoms with Crippen molar-refractivity contribution in [2.75, 3.05) is 23.9 Å². The number of carbonyl (C=O) groups excluding carboxylic acids is 2. The molecule has 0 saturated heterocycles. The molecule has 0 aliphatic carbocycles. The van der Waals surface area contributed by atoms with Gasteiger partial charge in [-0.1, -0.05) is 44.6 Å². The van der Waals surface area contributed by atoms with Crippen LogP contribution in [0.15, 0.2) is 36.4 Å². The largest absolute Gasteiger partial charge is 0.394 e. The van der Waals surface area contributed by atoms with Crippen LogP contribution in [0.25, 0.3) is 0 Å². The van der Waals surface area contributed by atoms with Crippen molar-refractivity contribution < 1.29 is 14.7 Å². The van der Waals surface area contributed by atoms with Gasteiger partial charge in [-0.3, -0.25) is 9.59 Å². The number of benzene rings is 1. The van der Waals surface area contributed by atoms with E-state index in [1.165, 1.54) is 5.57 Å². The topological polar surface area (TPSA) is 81.7 Å². The highest BCUT2D eigenvalue weighted by molar-refractivity contribution is 6.06. The van der Waals surface area contributed by atoms with E-state index in [-0.39, 0.29) is 29.8 Å². The van der Waals surface area contributed by atoms with Crippen molar-refractivity contribution in [3.63, 3.8) is 0 Å². The molecule has 4 unspecified atom stereocenters. The van der Waals surface area contributed by atoms with Crippen LogP contribution in [-0.2, 0) is 15.0 Å². The molecule has 2 heterocycles. The quantitative estimate of drug-likeness (QED) is 0.539. The van der Waals surface area contributed by atoms with Crippen molar-refractivity contribution in [1.29, 1.82) is 0 Å². The molecule has 3 rings (SSSR count). The number of nitrogens with zero attached hydrogens (tertiary/aromatic N) is 1. The Morgan fingerprint density at radius 3 is 2.58 bits per heavy atom. The fourth-order valence-electron chi connectivity index (χ4n) is 5.28. The van der Waals surface area contributed by atoms with Crippen LogP contribution >= 0.6 is 0 Å². The monoisotopic (exact) mass is 453 g/mol. The van der Waals surface area contributed by atoms with Crippen LogP contribution in [0, 0.1) is 5.92 Å². The number of nitrogens with one attached hydrogen (secondary N) is 2. The molecule has 0 aromatic heterocycles. The van der Waals surface area contributed by atoms with Gasteiger partial charge >= 0.3 is 0 Å². The lowest BCUT2D eigenvalue weighted by atomic mass is 9.76. The lowest BCUT2D eigenvalue weighted by Gasteiger charge is -2.34. The highest BCUT2D eigenvalue weighted by Crippen LogP contribution is 2.49. The summed E-state index contributed by atoms with van der Waals surface area (Å²) in [7, 11) is 1.92. The number of aliphatic hydroxyl groups is 1. The van der Waals surface area contributed by atoms with Gasteiger partial charge < -0.3 is 20.6 Å². The van der Waals surface area contributed by atoms with Crippen LogP contribution in [0.2, 0.25) is 0 Å². The third-order valence-corrected chi connectivity index (χ3v) is 7.20. The van der Waals surface area contributed by atoms with E-state index in [0.29, 0.717) is 6.42 Å². The van der Waals surface area contributed by atoms with Gasteiger partial charge in [0.25, 0.3) is 0 Å². The molecule has 0 saturated carbocycles. The molecular weight excluding hydrogens is 414 g/mol. The van der Waals surface area contributed by atoms with Gasteiger partial charge in [0.1, 0.15) is 6.04 Å². The second-order valence-electron chi connectivity index (χ2n) is 10.3. The third-order valence-electron chi connectivity index (χ3n) is 7.20. The first kappa shape index (κ1) is 25.0. The maximum absolute atomic E-state index is 13.2. The normalized spacial score (nSPS) is 24.1. The Morgan fingerprint density at radius 1 is 1.30 bits per heavy atom. The number of amides is 2. The SMILES string of the molecule is C=CC(C)(CCC=C(C)C)c1ccc2c3c1NC(=O)C3CC(CO)NC(=O)C(C(C)C)N2C. The predicted molar refractivity (Wildman–Crippen MR) is 135 cm³/mol. The Bertz CT molecular complexity index is 964. The van der Waals surface area contributed by atoms with E-state index in [4.69, 9.17) is 0 Å². The predicted octanol–water partition coefficient (Wildman–Crippen LogP) is 4.25. The first-order valence-electron chi connectivity index (χ1n) is 11.9. The summed E-state index contributed by atoms with van der Waals surface area (Å²) in [5.41, 5.74) is 4.65. The van der Waals surface area contributed by atoms with Crippen LogP contribution in [0.5, 0.6) is 0 Å². The molecule has 0 radical (unpaired) electrons. The number of aliphatic hydroxyl groups excluding tert-OH is 1. The average molecular weight is 454 g/mol. The molecule has 180 valence electrons. The lowest BCUT2D eigenvalue weighted by Crippen LogP contribution is -2.51. The average Bonchev–Trinajstić information content (AvgIpc) is 3.08. The van der Waals surface area contributed by atoms with Crippen LogP contribution in [0.3, 0.4) is 0 Å². The minimum atomic E-state index is -0.480. The molecule has 4 atom stereocenters. The summed E-state index contributed by atoms with van der Waals surface area (Å²) in [4.78, 5) is 28.3. The number of likely N-dealkylation sites (N-methyl/N-ethyl adjacent to an activating group) is 1. The van der Waals surface area contributed by atoms with Crippen LogP contribution in [-0.4, -0.2) is 42.7 Å². The van der Waals surface area contributed by atoms with Crippen molar-refractivity contribution >= 4 is 23.2 Å². The van der Waals surface area contributed by atoms with E-state index >= 15 is 0 Å². The molecule has 2 amide bonds. The van der Waals surface area contributed by atoms with Gasteiger partial charge in [-0.05, 0) is 50.7 Å². The first-order valence-corrected chi connectivity index (χ1v) is 11.9. The Labute approximate surface area is 198 Å². The van der Waals surface area contributed by atoms with Gasteiger partial charge in [-0.2, -0.15) is 0 Å². The number of carbonyl (C=O) groups is 2. The van der Waals surface area contributed by atoms with Gasteiger partial charge in [0.15, 0.2) is 0 Å². The molecule has 2 aliphatic heterocycles. The summed E-state index contributed by atoms with van der Waals surface area (Å²) in [5, 5.41) is 16.1. The second-order valence-corrected chi connectivity index (χ2v) is 10.3. The summed E-state index contributed by atoms with van der Waals surface area (Å²) >= 11 is 0. The fourth-order valence-corrected chi connectivity index (χ4v) is 5.28. The zero-order valence-electron chi connectivity index (χ0n) is 20.9. The molecule has 6 heteroatoms. The van der Waals surface area contributed by atoms with Crippen LogP contribution < -0.4 is 15.5 Å². The molecule has 1 aromatic rings. The van der Waals surface area contributed by atoms with E-state index in [2.05, 4.69) is 50.1 Å². The minimum absolute atomic E-state index is 0.0498. The molecule has 1 aromatic carbocycles. The summed E-state index contributed by atoms with van der Waals surface area (Å²) < 4.78 is 0. The Hall–Kier alpha value is -2.60. The highest BCUT2D eigenvalue weighted by atomic mass is 16.3. The van der Waals surface area contributed by atoms with Crippen molar-refractivity contribution in [2.45, 2.75) is 77.3 Å². The molecule has 33 heavy (non-hydrogen) atoms. The standard InChI is InChI=1S/C27H39N3O3/c1-8-27(6,13-9-10-16(2)3)20-11-12-21-22-19(25(32)29-23(20)22)14-18(15-31)28-26(33)24(17(4)5)30(21)7/h8,10-12,17-19,24,31H,1,9,13-15H2,2-7H3,(H,28,33)(H,29,32). The van der Waals surface area contributed by atoms with Gasteiger partial charge in [-0.15, -0.1) is 6.58 Å². The maximum atomic E-state index is 13.2. The summed E-state index contributed by atoms with van der Waals surface area (Å²) in [5.74, 6) is -0.595. The van der Waals surface area contributed by atoms with Gasteiger partial charge in [-0.25, -0.2) is 0 Å². The highest BCUT2D eigenvalue weighted by Gasteiger charge is 2.42. The number of allylic oxidation sites excluding steroid dienone is 3. The van der Waals surface area contributed by atoms with E-state index < -0.39 is 18.0 Å². The number of rotatable bonds is 7. The molecule has 0 bridgehead atoms. The number of hydrogen-bond acceptors (Lipinski definition) is 4. The van der Waals surface area contributed by atoms with E-state index in [0.717, 1.165) is 35.3 Å². The number of hydrogen-bond donors (Lipinski definition) is 3. The van der Waals surface area contributed by atoms with Crippen LogP contribution in [0.1, 0.15) is 70.9 Å². The Kier molecular flexibility index (Phi) is 7.37. The number of anilines is 2. The second kappa shape index (κ2) is 9.72. The Morgan fingerprint density at radius 2 is 2.00 bits per heavy atom. The summed E-state index contributed by atoms with van der Waals surface area (Å²) in [6, 6.07) is 3.24. The van der Waals surface area contributed by atoms with E-state index in [1.54, 1.807) is 0 Å².